The number of aromatic nitrogens is 1. The third-order valence-electron chi connectivity index (χ3n) is 6.69. The highest BCUT2D eigenvalue weighted by Gasteiger charge is 2.42. The summed E-state index contributed by atoms with van der Waals surface area (Å²) in [6, 6.07) is 4.88. The van der Waals surface area contributed by atoms with Gasteiger partial charge in [0.1, 0.15) is 11.6 Å². The van der Waals surface area contributed by atoms with Gasteiger partial charge in [0.2, 0.25) is 0 Å². The number of anilines is 2. The number of pyridine rings is 1. The van der Waals surface area contributed by atoms with Crippen LogP contribution in [0.2, 0.25) is 0 Å². The Balaban J connectivity index is 0.00000231. The summed E-state index contributed by atoms with van der Waals surface area (Å²) >= 11 is 0. The third-order valence-corrected chi connectivity index (χ3v) is 8.30. The first-order valence-corrected chi connectivity index (χ1v) is 12.2. The van der Waals surface area contributed by atoms with E-state index >= 15 is 0 Å². The minimum absolute atomic E-state index is 0. The normalized spacial score (nSPS) is 23.2. The molecule has 6 nitrogen and oxygen atoms in total. The van der Waals surface area contributed by atoms with Gasteiger partial charge in [-0.25, -0.2) is 17.8 Å². The molecule has 2 bridgehead atoms. The highest BCUT2D eigenvalue weighted by Crippen LogP contribution is 2.56. The molecule has 1 saturated carbocycles. The minimum Gasteiger partial charge on any atom is -0.340 e. The molecule has 2 unspecified atom stereocenters. The smallest absolute Gasteiger partial charge is 0.255 e. The first-order chi connectivity index (χ1) is 14.3. The van der Waals surface area contributed by atoms with Crippen LogP contribution >= 0.6 is 12.4 Å². The first-order valence-electron chi connectivity index (χ1n) is 10.4. The zero-order valence-corrected chi connectivity index (χ0v) is 18.9. The van der Waals surface area contributed by atoms with Crippen LogP contribution in [0.25, 0.3) is 0 Å². The van der Waals surface area contributed by atoms with Crippen molar-refractivity contribution in [3.8, 4) is 0 Å². The fourth-order valence-electron chi connectivity index (χ4n) is 5.11. The largest absolute Gasteiger partial charge is 0.340 e. The van der Waals surface area contributed by atoms with Gasteiger partial charge in [-0.2, -0.15) is 0 Å². The highest BCUT2D eigenvalue weighted by molar-refractivity contribution is 7.91. The maximum atomic E-state index is 13.6. The lowest BCUT2D eigenvalue weighted by atomic mass is 9.88. The fourth-order valence-corrected chi connectivity index (χ4v) is 6.32. The molecule has 31 heavy (non-hydrogen) atoms. The summed E-state index contributed by atoms with van der Waals surface area (Å²) in [5.41, 5.74) is 4.11. The number of hydrogen-bond donors (Lipinski definition) is 1. The van der Waals surface area contributed by atoms with Gasteiger partial charge in [-0.3, -0.25) is 4.79 Å². The molecule has 0 spiro atoms. The van der Waals surface area contributed by atoms with E-state index in [1.165, 1.54) is 6.07 Å². The Morgan fingerprint density at radius 2 is 1.84 bits per heavy atom. The fraction of sp³-hybridized carbons (Fsp3) is 0.455. The molecule has 5 rings (SSSR count). The number of nitrogens with one attached hydrogen (secondary N) is 1. The van der Waals surface area contributed by atoms with E-state index in [-0.39, 0.29) is 48.7 Å². The van der Waals surface area contributed by atoms with E-state index in [0.29, 0.717) is 23.0 Å². The van der Waals surface area contributed by atoms with Crippen LogP contribution in [0.15, 0.2) is 24.4 Å². The Labute approximate surface area is 187 Å². The number of fused-ring (bicyclic) bond motifs is 5. The van der Waals surface area contributed by atoms with Crippen LogP contribution in [0.1, 0.15) is 58.1 Å². The molecule has 9 heteroatoms. The average molecular weight is 466 g/mol. The van der Waals surface area contributed by atoms with Crippen molar-refractivity contribution in [2.24, 2.45) is 0 Å². The zero-order chi connectivity index (χ0) is 21.0. The van der Waals surface area contributed by atoms with Crippen molar-refractivity contribution in [3.05, 3.63) is 52.5 Å². The van der Waals surface area contributed by atoms with E-state index in [9.17, 15) is 17.6 Å². The summed E-state index contributed by atoms with van der Waals surface area (Å²) in [7, 11) is -3.05. The molecule has 2 aliphatic carbocycles. The van der Waals surface area contributed by atoms with Crippen LogP contribution < -0.4 is 5.32 Å². The lowest BCUT2D eigenvalue weighted by Gasteiger charge is -2.29. The van der Waals surface area contributed by atoms with E-state index in [2.05, 4.69) is 10.3 Å². The van der Waals surface area contributed by atoms with Gasteiger partial charge in [0.05, 0.1) is 17.1 Å². The Morgan fingerprint density at radius 1 is 1.16 bits per heavy atom. The number of nitrogens with zero attached hydrogens (tertiary/aromatic N) is 2. The number of amides is 1. The van der Waals surface area contributed by atoms with Gasteiger partial charge < -0.3 is 10.2 Å². The van der Waals surface area contributed by atoms with Crippen molar-refractivity contribution in [3.63, 3.8) is 0 Å². The number of sulfone groups is 1. The highest BCUT2D eigenvalue weighted by atomic mass is 35.5. The van der Waals surface area contributed by atoms with E-state index < -0.39 is 9.84 Å². The van der Waals surface area contributed by atoms with Crippen LogP contribution in [0.3, 0.4) is 0 Å². The standard InChI is InChI=1S/C22H24FN3O3S.ClH/c1-13-10-16(4-5-18(13)23)25-21-20-15-3-2-14(11-15)19(20)17(12-24-21)22(27)26-6-8-30(28,29)9-7-26;/h4-5,10,12,14-15H,2-3,6-9,11H2,1H3,(H,24,25);1H. The topological polar surface area (TPSA) is 79.4 Å². The quantitative estimate of drug-likeness (QED) is 0.743. The molecule has 1 amide bonds. The van der Waals surface area contributed by atoms with Gasteiger partial charge in [0.25, 0.3) is 5.91 Å². The molecule has 1 aromatic carbocycles. The van der Waals surface area contributed by atoms with E-state index in [1.54, 1.807) is 30.2 Å². The van der Waals surface area contributed by atoms with Gasteiger partial charge in [0.15, 0.2) is 9.84 Å². The molecule has 166 valence electrons. The second-order valence-corrected chi connectivity index (χ2v) is 10.9. The second-order valence-electron chi connectivity index (χ2n) is 8.59. The van der Waals surface area contributed by atoms with Gasteiger partial charge in [-0.15, -0.1) is 12.4 Å². The van der Waals surface area contributed by atoms with Gasteiger partial charge >= 0.3 is 0 Å². The summed E-state index contributed by atoms with van der Waals surface area (Å²) in [5.74, 6) is 1.12. The van der Waals surface area contributed by atoms with Crippen molar-refractivity contribution in [2.75, 3.05) is 29.9 Å². The number of carbonyl (C=O) groups is 1. The Kier molecular flexibility index (Phi) is 5.72. The van der Waals surface area contributed by atoms with E-state index in [4.69, 9.17) is 0 Å². The SMILES string of the molecule is Cc1cc(Nc2ncc(C(=O)N3CCS(=O)(=O)CC3)c3c2C2CCC3C2)ccc1F.Cl. The lowest BCUT2D eigenvalue weighted by molar-refractivity contribution is 0.0768. The number of halogens is 2. The molecule has 3 aliphatic rings. The predicted octanol–water partition coefficient (Wildman–Crippen LogP) is 3.93. The Morgan fingerprint density at radius 3 is 2.52 bits per heavy atom. The van der Waals surface area contributed by atoms with Gasteiger partial charge in [-0.05, 0) is 67.3 Å². The number of aryl methyl sites for hydroxylation is 1. The molecule has 1 saturated heterocycles. The Bertz CT molecular complexity index is 1140. The van der Waals surface area contributed by atoms with Crippen LogP contribution in [0.4, 0.5) is 15.9 Å². The second kappa shape index (κ2) is 8.06. The van der Waals surface area contributed by atoms with Crippen LogP contribution in [-0.4, -0.2) is 48.8 Å². The van der Waals surface area contributed by atoms with Gasteiger partial charge in [0, 0.05) is 30.5 Å². The summed E-state index contributed by atoms with van der Waals surface area (Å²) in [6.45, 7) is 2.19. The van der Waals surface area contributed by atoms with E-state index in [0.717, 1.165) is 41.9 Å². The molecular weight excluding hydrogens is 441 g/mol. The molecule has 2 atom stereocenters. The third kappa shape index (κ3) is 3.91. The summed E-state index contributed by atoms with van der Waals surface area (Å²) < 4.78 is 37.1. The van der Waals surface area contributed by atoms with Crippen molar-refractivity contribution in [1.29, 1.82) is 0 Å². The van der Waals surface area contributed by atoms with Crippen LogP contribution in [0.5, 0.6) is 0 Å². The van der Waals surface area contributed by atoms with E-state index in [1.807, 2.05) is 0 Å². The number of rotatable bonds is 3. The molecule has 2 aromatic rings. The molecule has 2 fully saturated rings. The van der Waals surface area contributed by atoms with Crippen molar-refractivity contribution < 1.29 is 17.6 Å². The predicted molar refractivity (Wildman–Crippen MR) is 120 cm³/mol. The molecule has 1 aromatic heterocycles. The van der Waals surface area contributed by atoms with Crippen LogP contribution in [0, 0.1) is 12.7 Å². The molecular formula is C22H25ClFN3O3S. The maximum absolute atomic E-state index is 13.6. The number of benzene rings is 1. The summed E-state index contributed by atoms with van der Waals surface area (Å²) in [6.07, 6.45) is 4.79. The number of hydrogen-bond acceptors (Lipinski definition) is 5. The monoisotopic (exact) mass is 465 g/mol. The molecule has 2 heterocycles. The van der Waals surface area contributed by atoms with Crippen molar-refractivity contribution >= 4 is 39.7 Å². The number of carbonyl (C=O) groups excluding carboxylic acids is 1. The van der Waals surface area contributed by atoms with Gasteiger partial charge in [-0.1, -0.05) is 0 Å². The molecule has 1 N–H and O–H groups in total. The molecule has 1 aliphatic heterocycles. The van der Waals surface area contributed by atoms with Crippen molar-refractivity contribution in [1.82, 2.24) is 9.88 Å². The zero-order valence-electron chi connectivity index (χ0n) is 17.2. The molecule has 0 radical (unpaired) electrons. The maximum Gasteiger partial charge on any atom is 0.255 e. The van der Waals surface area contributed by atoms with Crippen LogP contribution in [-0.2, 0) is 9.84 Å². The average Bonchev–Trinajstić information content (AvgIpc) is 3.33. The summed E-state index contributed by atoms with van der Waals surface area (Å²) in [4.78, 5) is 19.5. The van der Waals surface area contributed by atoms with Crippen molar-refractivity contribution in [2.45, 2.75) is 38.0 Å². The first kappa shape index (κ1) is 22.0. The summed E-state index contributed by atoms with van der Waals surface area (Å²) in [5, 5.41) is 3.33. The lowest BCUT2D eigenvalue weighted by Crippen LogP contribution is -2.44. The Hall–Kier alpha value is -2.19. The minimum atomic E-state index is -3.05.